The molecule has 0 saturated heterocycles. The van der Waals surface area contributed by atoms with Crippen molar-refractivity contribution in [3.05, 3.63) is 13.1 Å². The molecule has 0 aliphatic heterocycles. The minimum absolute atomic E-state index is 0. The summed E-state index contributed by atoms with van der Waals surface area (Å²) in [7, 11) is 0. The van der Waals surface area contributed by atoms with Crippen LogP contribution in [-0.4, -0.2) is 0 Å². The summed E-state index contributed by atoms with van der Waals surface area (Å²) in [6.07, 6.45) is 0. The van der Waals surface area contributed by atoms with Crippen molar-refractivity contribution in [3.63, 3.8) is 0 Å². The van der Waals surface area contributed by atoms with Crippen LogP contribution in [0.15, 0.2) is 0 Å². The first-order valence-corrected chi connectivity index (χ1v) is 0.447. The molecule has 4 heteroatoms. The molecule has 0 N–H and O–H groups in total. The van der Waals surface area contributed by atoms with Gasteiger partial charge in [0, 0.05) is 21.7 Å². The SMILES string of the molecule is [C-]#N.[C-]#N.[Co+2].[Ti]. The fourth-order valence-corrected chi connectivity index (χ4v) is 0. The second-order valence-electron chi connectivity index (χ2n) is 0. The van der Waals surface area contributed by atoms with Crippen LogP contribution in [0.5, 0.6) is 0 Å². The quantitative estimate of drug-likeness (QED) is 0.374. The number of hydrogen-bond acceptors (Lipinski definition) is 2. The van der Waals surface area contributed by atoms with Crippen molar-refractivity contribution in [1.29, 1.82) is 10.5 Å². The van der Waals surface area contributed by atoms with Crippen molar-refractivity contribution in [2.75, 3.05) is 0 Å². The molecule has 0 bridgehead atoms. The Morgan fingerprint density at radius 2 is 0.833 bits per heavy atom. The van der Waals surface area contributed by atoms with Crippen LogP contribution in [0.3, 0.4) is 0 Å². The van der Waals surface area contributed by atoms with Crippen molar-refractivity contribution < 1.29 is 38.5 Å². The van der Waals surface area contributed by atoms with Gasteiger partial charge < -0.3 is 23.7 Å². The van der Waals surface area contributed by atoms with Gasteiger partial charge in [-0.1, -0.05) is 0 Å². The van der Waals surface area contributed by atoms with Gasteiger partial charge in [-0.05, 0) is 0 Å². The predicted octanol–water partition coefficient (Wildman–Crippen LogP) is 0.188. The summed E-state index contributed by atoms with van der Waals surface area (Å²) in [6, 6.07) is 0. The molecule has 0 aliphatic carbocycles. The third-order valence-electron chi connectivity index (χ3n) is 0. The van der Waals surface area contributed by atoms with E-state index in [1.54, 1.807) is 0 Å². The Balaban J connectivity index is -0.00000000500. The Hall–Kier alpha value is 0.201. The molecule has 0 atom stereocenters. The normalized spacial score (nSPS) is 0.667. The summed E-state index contributed by atoms with van der Waals surface area (Å²) in [5, 5.41) is 12.5. The van der Waals surface area contributed by atoms with Gasteiger partial charge in [0.2, 0.25) is 0 Å². The molecule has 0 rings (SSSR count). The number of rotatable bonds is 0. The molecule has 0 aliphatic rings. The molecular formula is C2CoN2Ti. The molecule has 0 amide bonds. The van der Waals surface area contributed by atoms with Crippen LogP contribution in [0, 0.1) is 23.7 Å². The van der Waals surface area contributed by atoms with Crippen LogP contribution in [0.1, 0.15) is 0 Å². The molecule has 0 heterocycles. The molecule has 0 aromatic carbocycles. The number of hydrogen-bond donors (Lipinski definition) is 0. The maximum Gasteiger partial charge on any atom is 2.00 e. The van der Waals surface area contributed by atoms with Crippen LogP contribution >= 0.6 is 0 Å². The predicted molar refractivity (Wildman–Crippen MR) is 9.94 cm³/mol. The van der Waals surface area contributed by atoms with Gasteiger partial charge in [0.25, 0.3) is 0 Å². The van der Waals surface area contributed by atoms with Crippen molar-refractivity contribution in [1.82, 2.24) is 0 Å². The molecule has 0 fully saturated rings. The Morgan fingerprint density at radius 3 is 0.833 bits per heavy atom. The summed E-state index contributed by atoms with van der Waals surface area (Å²) >= 11 is 0. The summed E-state index contributed by atoms with van der Waals surface area (Å²) < 4.78 is 0. The minimum Gasteiger partial charge on any atom is -0.512 e. The van der Waals surface area contributed by atoms with Gasteiger partial charge in [-0.25, -0.2) is 0 Å². The monoisotopic (exact) mass is 159 g/mol. The van der Waals surface area contributed by atoms with E-state index in [2.05, 4.69) is 0 Å². The summed E-state index contributed by atoms with van der Waals surface area (Å²) in [6.45, 7) is 9.50. The summed E-state index contributed by atoms with van der Waals surface area (Å²) in [5.41, 5.74) is 0. The molecule has 0 aromatic heterocycles. The first-order chi connectivity index (χ1) is 2.00. The molecule has 31 valence electrons. The molecule has 1 radical (unpaired) electrons. The second-order valence-corrected chi connectivity index (χ2v) is 0. The van der Waals surface area contributed by atoms with Crippen LogP contribution in [-0.2, 0) is 38.5 Å². The van der Waals surface area contributed by atoms with E-state index < -0.39 is 0 Å². The summed E-state index contributed by atoms with van der Waals surface area (Å²) in [5.74, 6) is 0. The minimum atomic E-state index is 0. The van der Waals surface area contributed by atoms with Gasteiger partial charge in [0.1, 0.15) is 0 Å². The molecule has 6 heavy (non-hydrogen) atoms. The van der Waals surface area contributed by atoms with E-state index in [0.29, 0.717) is 0 Å². The number of nitrogens with zero attached hydrogens (tertiary/aromatic N) is 2. The van der Waals surface area contributed by atoms with Gasteiger partial charge in [0.05, 0.1) is 0 Å². The molecule has 0 spiro atoms. The van der Waals surface area contributed by atoms with Crippen molar-refractivity contribution in [3.8, 4) is 0 Å². The first kappa shape index (κ1) is 34.6. The summed E-state index contributed by atoms with van der Waals surface area (Å²) in [4.78, 5) is 0. The van der Waals surface area contributed by atoms with E-state index in [1.165, 1.54) is 0 Å². The van der Waals surface area contributed by atoms with Crippen LogP contribution in [0.4, 0.5) is 0 Å². The zero-order chi connectivity index (χ0) is 4.00. The fraction of sp³-hybridized carbons (Fsp3) is 0. The van der Waals surface area contributed by atoms with Gasteiger partial charge in [-0.2, -0.15) is 0 Å². The third-order valence-corrected chi connectivity index (χ3v) is 0. The fourth-order valence-electron chi connectivity index (χ4n) is 0. The molecule has 2 nitrogen and oxygen atoms in total. The zero-order valence-electron chi connectivity index (χ0n) is 2.73. The largest absolute Gasteiger partial charge is 2.00 e. The Kier molecular flexibility index (Phi) is 13100. The Labute approximate surface area is 62.2 Å². The maximum absolute atomic E-state index is 6.25. The topological polar surface area (TPSA) is 47.6 Å². The first-order valence-electron chi connectivity index (χ1n) is 0.447. The van der Waals surface area contributed by atoms with Gasteiger partial charge >= 0.3 is 16.8 Å². The third kappa shape index (κ3) is 1070. The second kappa shape index (κ2) is 2280. The van der Waals surface area contributed by atoms with E-state index in [1.807, 2.05) is 0 Å². The van der Waals surface area contributed by atoms with Crippen molar-refractivity contribution in [2.45, 2.75) is 0 Å². The van der Waals surface area contributed by atoms with Gasteiger partial charge in [-0.15, -0.1) is 0 Å². The van der Waals surface area contributed by atoms with Crippen molar-refractivity contribution in [2.24, 2.45) is 0 Å². The smallest absolute Gasteiger partial charge is 0.512 e. The Bertz CT molecular complexity index is 27.0. The Morgan fingerprint density at radius 1 is 0.833 bits per heavy atom. The van der Waals surface area contributed by atoms with E-state index in [0.717, 1.165) is 0 Å². The van der Waals surface area contributed by atoms with E-state index in [9.17, 15) is 0 Å². The van der Waals surface area contributed by atoms with Gasteiger partial charge in [-0.3, -0.25) is 0 Å². The van der Waals surface area contributed by atoms with Crippen LogP contribution < -0.4 is 0 Å². The average Bonchev–Trinajstić information content (AvgIpc) is 1.50. The van der Waals surface area contributed by atoms with E-state index in [4.69, 9.17) is 23.7 Å². The molecule has 0 saturated carbocycles. The van der Waals surface area contributed by atoms with E-state index >= 15 is 0 Å². The van der Waals surface area contributed by atoms with Crippen LogP contribution in [0.2, 0.25) is 0 Å². The average molecular weight is 159 g/mol. The van der Waals surface area contributed by atoms with Crippen molar-refractivity contribution >= 4 is 0 Å². The maximum atomic E-state index is 6.25. The van der Waals surface area contributed by atoms with Gasteiger partial charge in [0.15, 0.2) is 0 Å². The van der Waals surface area contributed by atoms with Crippen LogP contribution in [0.25, 0.3) is 0 Å². The standard InChI is InChI=1S/2CN.Co.Ti/c2*1-2;;/q2*-1;+2;. The van der Waals surface area contributed by atoms with E-state index in [-0.39, 0.29) is 38.5 Å². The molecular weight excluding hydrogens is 159 g/mol. The molecule has 0 aromatic rings. The zero-order valence-corrected chi connectivity index (χ0v) is 5.33. The molecule has 0 unspecified atom stereocenters.